The first-order valence-electron chi connectivity index (χ1n) is 4.56. The van der Waals surface area contributed by atoms with Crippen molar-refractivity contribution in [1.29, 1.82) is 0 Å². The summed E-state index contributed by atoms with van der Waals surface area (Å²) in [5.74, 6) is 0. The molecule has 0 bridgehead atoms. The Balaban J connectivity index is 2.54. The summed E-state index contributed by atoms with van der Waals surface area (Å²) in [7, 11) is 0. The van der Waals surface area contributed by atoms with Crippen LogP contribution in [0.3, 0.4) is 0 Å². The molecule has 0 aliphatic carbocycles. The lowest BCUT2D eigenvalue weighted by molar-refractivity contribution is 0.145. The number of rotatable bonds is 2. The summed E-state index contributed by atoms with van der Waals surface area (Å²) in [4.78, 5) is 0. The molecule has 0 saturated heterocycles. The number of benzene rings is 1. The Morgan fingerprint density at radius 2 is 2.00 bits per heavy atom. The van der Waals surface area contributed by atoms with Crippen molar-refractivity contribution in [1.82, 2.24) is 15.0 Å². The van der Waals surface area contributed by atoms with Crippen LogP contribution in [0.2, 0.25) is 0 Å². The second-order valence-corrected chi connectivity index (χ2v) is 4.08. The van der Waals surface area contributed by atoms with Crippen LogP contribution in [0.1, 0.15) is 17.8 Å². The van der Waals surface area contributed by atoms with Crippen LogP contribution >= 0.6 is 15.9 Å². The van der Waals surface area contributed by atoms with Gasteiger partial charge in [-0.2, -0.15) is 0 Å². The summed E-state index contributed by atoms with van der Waals surface area (Å²) in [6.45, 7) is 1.57. The number of alkyl halides is 2. The molecule has 2 rings (SSSR count). The van der Waals surface area contributed by atoms with Gasteiger partial charge < -0.3 is 0 Å². The van der Waals surface area contributed by atoms with Crippen LogP contribution < -0.4 is 0 Å². The lowest BCUT2D eigenvalue weighted by Crippen LogP contribution is -2.00. The zero-order valence-electron chi connectivity index (χ0n) is 8.36. The highest BCUT2D eigenvalue weighted by molar-refractivity contribution is 9.10. The highest BCUT2D eigenvalue weighted by atomic mass is 79.9. The third kappa shape index (κ3) is 1.84. The fourth-order valence-electron chi connectivity index (χ4n) is 1.39. The Kier molecular flexibility index (Phi) is 3.00. The van der Waals surface area contributed by atoms with Crippen LogP contribution in [0.25, 0.3) is 5.69 Å². The molecule has 6 heteroatoms. The zero-order valence-corrected chi connectivity index (χ0v) is 9.95. The Hall–Kier alpha value is -1.30. The number of para-hydroxylation sites is 1. The molecule has 1 heterocycles. The van der Waals surface area contributed by atoms with Gasteiger partial charge in [-0.15, -0.1) is 5.10 Å². The van der Waals surface area contributed by atoms with Gasteiger partial charge in [0, 0.05) is 4.47 Å². The van der Waals surface area contributed by atoms with Crippen LogP contribution in [0.5, 0.6) is 0 Å². The average Bonchev–Trinajstić information content (AvgIpc) is 2.61. The fraction of sp³-hybridized carbons (Fsp3) is 0.200. The molecule has 0 amide bonds. The monoisotopic (exact) mass is 287 g/mol. The number of hydrogen-bond donors (Lipinski definition) is 0. The van der Waals surface area contributed by atoms with Crippen molar-refractivity contribution < 1.29 is 8.78 Å². The summed E-state index contributed by atoms with van der Waals surface area (Å²) in [5.41, 5.74) is 0.761. The van der Waals surface area contributed by atoms with Gasteiger partial charge in [0.25, 0.3) is 6.43 Å². The van der Waals surface area contributed by atoms with Crippen molar-refractivity contribution in [3.63, 3.8) is 0 Å². The van der Waals surface area contributed by atoms with Gasteiger partial charge in [0.2, 0.25) is 0 Å². The van der Waals surface area contributed by atoms with Crippen molar-refractivity contribution in [3.05, 3.63) is 40.1 Å². The van der Waals surface area contributed by atoms with Gasteiger partial charge in [0.1, 0.15) is 0 Å². The van der Waals surface area contributed by atoms with Gasteiger partial charge in [0.15, 0.2) is 5.69 Å². The molecule has 16 heavy (non-hydrogen) atoms. The minimum atomic E-state index is -2.60. The fourth-order valence-corrected chi connectivity index (χ4v) is 1.85. The van der Waals surface area contributed by atoms with E-state index >= 15 is 0 Å². The summed E-state index contributed by atoms with van der Waals surface area (Å²) < 4.78 is 27.2. The van der Waals surface area contributed by atoms with Gasteiger partial charge in [-0.3, -0.25) is 0 Å². The van der Waals surface area contributed by atoms with Crippen molar-refractivity contribution in [3.8, 4) is 5.69 Å². The van der Waals surface area contributed by atoms with Gasteiger partial charge in [-0.1, -0.05) is 17.3 Å². The number of halogens is 3. The van der Waals surface area contributed by atoms with Crippen LogP contribution in [-0.4, -0.2) is 15.0 Å². The number of hydrogen-bond acceptors (Lipinski definition) is 2. The Labute approximate surface area is 99.2 Å². The van der Waals surface area contributed by atoms with Gasteiger partial charge in [-0.05, 0) is 35.0 Å². The van der Waals surface area contributed by atoms with Gasteiger partial charge in [-0.25, -0.2) is 13.5 Å². The van der Waals surface area contributed by atoms with Crippen molar-refractivity contribution in [2.45, 2.75) is 13.3 Å². The van der Waals surface area contributed by atoms with E-state index in [9.17, 15) is 8.78 Å². The molecule has 0 atom stereocenters. The molecule has 0 aliphatic rings. The third-order valence-corrected chi connectivity index (χ3v) is 2.89. The average molecular weight is 288 g/mol. The quantitative estimate of drug-likeness (QED) is 0.849. The predicted octanol–water partition coefficient (Wildman–Crippen LogP) is 3.28. The molecule has 2 aromatic rings. The molecule has 0 spiro atoms. The van der Waals surface area contributed by atoms with E-state index in [0.29, 0.717) is 11.4 Å². The molecule has 0 saturated carbocycles. The highest BCUT2D eigenvalue weighted by Crippen LogP contribution is 2.25. The van der Waals surface area contributed by atoms with E-state index in [1.807, 2.05) is 18.2 Å². The van der Waals surface area contributed by atoms with Crippen molar-refractivity contribution in [2.75, 3.05) is 0 Å². The third-order valence-electron chi connectivity index (χ3n) is 2.22. The maximum Gasteiger partial charge on any atom is 0.284 e. The zero-order chi connectivity index (χ0) is 11.7. The van der Waals surface area contributed by atoms with Crippen molar-refractivity contribution in [2.24, 2.45) is 0 Å². The summed E-state index contributed by atoms with van der Waals surface area (Å²) >= 11 is 3.34. The molecule has 0 N–H and O–H groups in total. The molecule has 0 unspecified atom stereocenters. The Bertz CT molecular complexity index is 511. The normalized spacial score (nSPS) is 11.1. The molecule has 3 nitrogen and oxygen atoms in total. The van der Waals surface area contributed by atoms with E-state index in [4.69, 9.17) is 0 Å². The molecule has 0 radical (unpaired) electrons. The first-order chi connectivity index (χ1) is 7.61. The Morgan fingerprint density at radius 3 is 2.56 bits per heavy atom. The Morgan fingerprint density at radius 1 is 1.31 bits per heavy atom. The predicted molar refractivity (Wildman–Crippen MR) is 58.8 cm³/mol. The smallest absolute Gasteiger partial charge is 0.216 e. The maximum atomic E-state index is 12.5. The lowest BCUT2D eigenvalue weighted by atomic mass is 10.3. The van der Waals surface area contributed by atoms with Gasteiger partial charge in [0.05, 0.1) is 11.4 Å². The lowest BCUT2D eigenvalue weighted by Gasteiger charge is -2.05. The van der Waals surface area contributed by atoms with E-state index in [0.717, 1.165) is 4.47 Å². The molecule has 0 fully saturated rings. The second kappa shape index (κ2) is 4.29. The van der Waals surface area contributed by atoms with E-state index in [1.165, 1.54) is 4.68 Å². The molecular formula is C10H8BrF2N3. The number of nitrogens with zero attached hydrogens (tertiary/aromatic N) is 3. The summed E-state index contributed by atoms with van der Waals surface area (Å²) in [6, 6.07) is 7.25. The van der Waals surface area contributed by atoms with Crippen molar-refractivity contribution >= 4 is 15.9 Å². The molecule has 0 aliphatic heterocycles. The topological polar surface area (TPSA) is 30.7 Å². The van der Waals surface area contributed by atoms with E-state index < -0.39 is 6.43 Å². The standard InChI is InChI=1S/C10H8BrF2N3/c1-6-9(10(12)13)14-15-16(6)8-5-3-2-4-7(8)11/h2-5,10H,1H3. The second-order valence-electron chi connectivity index (χ2n) is 3.22. The molecule has 1 aromatic carbocycles. The first-order valence-corrected chi connectivity index (χ1v) is 5.36. The van der Waals surface area contributed by atoms with E-state index in [2.05, 4.69) is 26.2 Å². The SMILES string of the molecule is Cc1c(C(F)F)nnn1-c1ccccc1Br. The maximum absolute atomic E-state index is 12.5. The van der Waals surface area contributed by atoms with Crippen LogP contribution in [0, 0.1) is 6.92 Å². The minimum Gasteiger partial charge on any atom is -0.216 e. The molecule has 84 valence electrons. The largest absolute Gasteiger partial charge is 0.284 e. The highest BCUT2D eigenvalue weighted by Gasteiger charge is 2.18. The molecular weight excluding hydrogens is 280 g/mol. The first kappa shape index (κ1) is 11.2. The summed E-state index contributed by atoms with van der Waals surface area (Å²) in [6.07, 6.45) is -2.60. The van der Waals surface area contributed by atoms with E-state index in [-0.39, 0.29) is 5.69 Å². The number of aromatic nitrogens is 3. The van der Waals surface area contributed by atoms with E-state index in [1.54, 1.807) is 13.0 Å². The van der Waals surface area contributed by atoms with Crippen LogP contribution in [0.15, 0.2) is 28.7 Å². The van der Waals surface area contributed by atoms with Gasteiger partial charge >= 0.3 is 0 Å². The molecule has 1 aromatic heterocycles. The van der Waals surface area contributed by atoms with Crippen LogP contribution in [-0.2, 0) is 0 Å². The van der Waals surface area contributed by atoms with Crippen LogP contribution in [0.4, 0.5) is 8.78 Å². The summed E-state index contributed by atoms with van der Waals surface area (Å²) in [5, 5.41) is 7.20. The minimum absolute atomic E-state index is 0.282.